The Balaban J connectivity index is 1.62. The van der Waals surface area contributed by atoms with Gasteiger partial charge >= 0.3 is 12.3 Å². The lowest BCUT2D eigenvalue weighted by Crippen LogP contribution is -2.50. The van der Waals surface area contributed by atoms with Gasteiger partial charge in [0.25, 0.3) is 20.2 Å². The van der Waals surface area contributed by atoms with E-state index in [9.17, 15) is 39.2 Å². The Hall–Kier alpha value is -3.15. The highest BCUT2D eigenvalue weighted by Gasteiger charge is 2.51. The van der Waals surface area contributed by atoms with Crippen LogP contribution in [0, 0.1) is 5.82 Å². The molecule has 0 aromatic heterocycles. The van der Waals surface area contributed by atoms with E-state index in [2.05, 4.69) is 14.8 Å². The van der Waals surface area contributed by atoms with Gasteiger partial charge in [-0.1, -0.05) is 0 Å². The minimum atomic E-state index is -4.85. The number of ether oxygens (including phenoxy) is 2. The zero-order valence-electron chi connectivity index (χ0n) is 21.9. The fourth-order valence-corrected chi connectivity index (χ4v) is 6.93. The quantitative estimate of drug-likeness (QED) is 0.429. The van der Waals surface area contributed by atoms with Gasteiger partial charge in [-0.2, -0.15) is 30.6 Å². The molecule has 41 heavy (non-hydrogen) atoms. The molecule has 2 aliphatic heterocycles. The zero-order valence-corrected chi connectivity index (χ0v) is 23.6. The molecule has 0 bridgehead atoms. The van der Waals surface area contributed by atoms with Crippen LogP contribution in [-0.4, -0.2) is 71.3 Å². The Morgan fingerprint density at radius 2 is 1.68 bits per heavy atom. The molecule has 11 nitrogen and oxygen atoms in total. The van der Waals surface area contributed by atoms with Gasteiger partial charge in [0.2, 0.25) is 5.60 Å². The number of carbonyl (C=O) groups is 1. The Labute approximate surface area is 234 Å². The lowest BCUT2D eigenvalue weighted by atomic mass is 10.1. The molecular formula is C24H28F4N4O7S2. The summed E-state index contributed by atoms with van der Waals surface area (Å²) in [6.45, 7) is 1.38. The summed E-state index contributed by atoms with van der Waals surface area (Å²) in [4.78, 5) is 11.9. The van der Waals surface area contributed by atoms with Crippen LogP contribution in [0.5, 0.6) is 5.75 Å². The molecular weight excluding hydrogens is 596 g/mol. The highest BCUT2D eigenvalue weighted by molar-refractivity contribution is 7.92. The highest BCUT2D eigenvalue weighted by Crippen LogP contribution is 2.39. The second kappa shape index (κ2) is 11.3. The van der Waals surface area contributed by atoms with Crippen LogP contribution < -0.4 is 19.1 Å². The van der Waals surface area contributed by atoms with Crippen molar-refractivity contribution in [2.24, 2.45) is 0 Å². The molecule has 1 unspecified atom stereocenters. The monoisotopic (exact) mass is 624 g/mol. The summed E-state index contributed by atoms with van der Waals surface area (Å²) in [6.07, 6.45) is -5.85. The number of alkyl halides is 3. The number of sulfonamides is 1. The third-order valence-corrected chi connectivity index (χ3v) is 9.84. The van der Waals surface area contributed by atoms with Crippen molar-refractivity contribution in [3.05, 3.63) is 48.3 Å². The fourth-order valence-electron chi connectivity index (χ4n) is 4.11. The molecule has 0 radical (unpaired) electrons. The topological polar surface area (TPSA) is 134 Å². The van der Waals surface area contributed by atoms with Gasteiger partial charge in [-0.25, -0.2) is 17.6 Å². The van der Waals surface area contributed by atoms with E-state index in [-0.39, 0.29) is 35.1 Å². The molecule has 2 N–H and O–H groups in total. The standard InChI is InChI=1S/C24H28F4N4O7S2/c1-23(2,24(26,27)28)39-22(33)30-17-7-10-21-20(13-17)32(40(34,35)19-8-5-16(25)6-9-19)15-18(38-21)14-29-41(36,37)31-11-3-4-12-31/h5-10,13,18,29H,3-4,11-12,14-15H2,1-2H3,(H,30,33). The molecule has 2 heterocycles. The first-order chi connectivity index (χ1) is 19.0. The Morgan fingerprint density at radius 1 is 1.05 bits per heavy atom. The number of fused-ring (bicyclic) bond motifs is 1. The van der Waals surface area contributed by atoms with Gasteiger partial charge in [-0.3, -0.25) is 9.62 Å². The fraction of sp³-hybridized carbons (Fsp3) is 0.458. The van der Waals surface area contributed by atoms with Crippen molar-refractivity contribution in [2.75, 3.05) is 35.8 Å². The van der Waals surface area contributed by atoms with E-state index in [4.69, 9.17) is 4.74 Å². The Kier molecular flexibility index (Phi) is 8.46. The average molecular weight is 625 g/mol. The van der Waals surface area contributed by atoms with Gasteiger partial charge in [0.15, 0.2) is 0 Å². The number of rotatable bonds is 8. The van der Waals surface area contributed by atoms with Crippen molar-refractivity contribution in [1.29, 1.82) is 0 Å². The maximum atomic E-state index is 13.6. The van der Waals surface area contributed by atoms with Crippen LogP contribution in [0.15, 0.2) is 47.4 Å². The first-order valence-corrected chi connectivity index (χ1v) is 15.3. The second-order valence-electron chi connectivity index (χ2n) is 9.89. The molecule has 1 saturated heterocycles. The predicted octanol–water partition coefficient (Wildman–Crippen LogP) is 3.60. The number of halogens is 4. The highest BCUT2D eigenvalue weighted by atomic mass is 32.2. The maximum Gasteiger partial charge on any atom is 0.427 e. The van der Waals surface area contributed by atoms with Crippen molar-refractivity contribution in [3.8, 4) is 5.75 Å². The third kappa shape index (κ3) is 6.85. The minimum Gasteiger partial charge on any atom is -0.485 e. The molecule has 1 amide bonds. The summed E-state index contributed by atoms with van der Waals surface area (Å²) >= 11 is 0. The zero-order chi connectivity index (χ0) is 30.2. The van der Waals surface area contributed by atoms with E-state index in [0.717, 1.165) is 47.5 Å². The summed E-state index contributed by atoms with van der Waals surface area (Å²) < 4.78 is 120. The molecule has 226 valence electrons. The van der Waals surface area contributed by atoms with Crippen LogP contribution in [0.3, 0.4) is 0 Å². The van der Waals surface area contributed by atoms with Crippen LogP contribution in [0.25, 0.3) is 0 Å². The van der Waals surface area contributed by atoms with Crippen LogP contribution >= 0.6 is 0 Å². The molecule has 1 fully saturated rings. The van der Waals surface area contributed by atoms with Gasteiger partial charge < -0.3 is 9.47 Å². The van der Waals surface area contributed by atoms with Crippen LogP contribution in [-0.2, 0) is 25.0 Å². The molecule has 2 aromatic carbocycles. The summed E-state index contributed by atoms with van der Waals surface area (Å²) in [5.41, 5.74) is -3.01. The Bertz CT molecular complexity index is 1490. The van der Waals surface area contributed by atoms with E-state index >= 15 is 0 Å². The second-order valence-corrected chi connectivity index (χ2v) is 13.5. The van der Waals surface area contributed by atoms with E-state index in [1.165, 1.54) is 16.4 Å². The first kappa shape index (κ1) is 30.8. The number of nitrogens with one attached hydrogen (secondary N) is 2. The van der Waals surface area contributed by atoms with Crippen molar-refractivity contribution < 1.29 is 48.7 Å². The van der Waals surface area contributed by atoms with E-state index in [0.29, 0.717) is 26.9 Å². The number of carbonyl (C=O) groups excluding carboxylic acids is 1. The molecule has 0 saturated carbocycles. The average Bonchev–Trinajstić information content (AvgIpc) is 3.43. The van der Waals surface area contributed by atoms with Crippen LogP contribution in [0.2, 0.25) is 0 Å². The van der Waals surface area contributed by atoms with Crippen molar-refractivity contribution in [2.45, 2.75) is 49.5 Å². The van der Waals surface area contributed by atoms with Crippen LogP contribution in [0.1, 0.15) is 26.7 Å². The smallest absolute Gasteiger partial charge is 0.427 e. The van der Waals surface area contributed by atoms with Crippen LogP contribution in [0.4, 0.5) is 33.7 Å². The first-order valence-electron chi connectivity index (χ1n) is 12.4. The number of anilines is 2. The van der Waals surface area contributed by atoms with Gasteiger partial charge in [0, 0.05) is 18.8 Å². The Morgan fingerprint density at radius 3 is 2.29 bits per heavy atom. The minimum absolute atomic E-state index is 0.0122. The number of hydrogen-bond acceptors (Lipinski definition) is 7. The number of nitrogens with zero attached hydrogens (tertiary/aromatic N) is 2. The van der Waals surface area contributed by atoms with E-state index in [1.54, 1.807) is 0 Å². The van der Waals surface area contributed by atoms with E-state index in [1.807, 2.05) is 0 Å². The molecule has 2 aromatic rings. The summed E-state index contributed by atoms with van der Waals surface area (Å²) in [6, 6.07) is 7.67. The summed E-state index contributed by atoms with van der Waals surface area (Å²) in [7, 11) is -8.22. The lowest BCUT2D eigenvalue weighted by Gasteiger charge is -2.36. The van der Waals surface area contributed by atoms with Crippen molar-refractivity contribution in [3.63, 3.8) is 0 Å². The molecule has 17 heteroatoms. The molecule has 2 aliphatic rings. The number of benzene rings is 2. The largest absolute Gasteiger partial charge is 0.485 e. The normalized spacial score (nSPS) is 18.5. The summed E-state index contributed by atoms with van der Waals surface area (Å²) in [5, 5.41) is 2.14. The molecule has 0 aliphatic carbocycles. The molecule has 4 rings (SSSR count). The number of amides is 1. The number of hydrogen-bond donors (Lipinski definition) is 2. The predicted molar refractivity (Wildman–Crippen MR) is 140 cm³/mol. The summed E-state index contributed by atoms with van der Waals surface area (Å²) in [5.74, 6) is -0.686. The van der Waals surface area contributed by atoms with Crippen molar-refractivity contribution >= 4 is 37.7 Å². The van der Waals surface area contributed by atoms with Crippen molar-refractivity contribution in [1.82, 2.24) is 9.03 Å². The molecule has 1 atom stereocenters. The van der Waals surface area contributed by atoms with Gasteiger partial charge in [-0.15, -0.1) is 0 Å². The molecule has 0 spiro atoms. The third-order valence-electron chi connectivity index (χ3n) is 6.47. The lowest BCUT2D eigenvalue weighted by molar-refractivity contribution is -0.242. The van der Waals surface area contributed by atoms with Gasteiger partial charge in [0.1, 0.15) is 17.7 Å². The van der Waals surface area contributed by atoms with E-state index < -0.39 is 50.0 Å². The van der Waals surface area contributed by atoms with Gasteiger partial charge in [-0.05, 0) is 69.2 Å². The maximum absolute atomic E-state index is 13.6. The van der Waals surface area contributed by atoms with Gasteiger partial charge in [0.05, 0.1) is 23.7 Å². The SMILES string of the molecule is CC(C)(OC(=O)Nc1ccc2c(c1)N(S(=O)(=O)c1ccc(F)cc1)CC(CNS(=O)(=O)N1CCCC1)O2)C(F)(F)F.